The maximum absolute atomic E-state index is 14.7. The van der Waals surface area contributed by atoms with Crippen LogP contribution in [0.25, 0.3) is 20.9 Å². The predicted molar refractivity (Wildman–Crippen MR) is 190 cm³/mol. The Morgan fingerprint density at radius 2 is 1.71 bits per heavy atom. The summed E-state index contributed by atoms with van der Waals surface area (Å²) in [5.74, 6) is 1.35. The minimum atomic E-state index is -1.66. The zero-order valence-corrected chi connectivity index (χ0v) is 28.1. The van der Waals surface area contributed by atoms with Crippen molar-refractivity contribution in [2.24, 2.45) is 15.2 Å². The largest absolute Gasteiger partial charge is 0.494 e. The zero-order valence-electron chi connectivity index (χ0n) is 28.1. The van der Waals surface area contributed by atoms with Crippen molar-refractivity contribution in [3.8, 4) is 17.2 Å². The Kier molecular flexibility index (Phi) is 12.3. The number of nitrogens with one attached hydrogen (secondary N) is 2. The lowest BCUT2D eigenvalue weighted by Crippen LogP contribution is -2.53. The van der Waals surface area contributed by atoms with Crippen LogP contribution in [-0.4, -0.2) is 49.9 Å². The number of methoxy groups -OCH3 is 2. The van der Waals surface area contributed by atoms with E-state index in [2.05, 4.69) is 30.9 Å². The van der Waals surface area contributed by atoms with Gasteiger partial charge in [0, 0.05) is 52.6 Å². The van der Waals surface area contributed by atoms with Crippen molar-refractivity contribution in [2.45, 2.75) is 37.6 Å². The van der Waals surface area contributed by atoms with Crippen LogP contribution in [0.4, 0.5) is 5.69 Å². The van der Waals surface area contributed by atoms with E-state index in [1.165, 1.54) is 0 Å². The highest BCUT2D eigenvalue weighted by Crippen LogP contribution is 2.45. The molecule has 0 fully saturated rings. The smallest absolute Gasteiger partial charge is 0.266 e. The fraction of sp³-hybridized carbons (Fsp3) is 0.278. The van der Waals surface area contributed by atoms with Crippen molar-refractivity contribution < 1.29 is 28.8 Å². The maximum atomic E-state index is 14.7. The summed E-state index contributed by atoms with van der Waals surface area (Å²) in [5.41, 5.74) is 26.2. The third kappa shape index (κ3) is 8.50. The highest BCUT2D eigenvalue weighted by Gasteiger charge is 2.54. The highest BCUT2D eigenvalue weighted by atomic mass is 16.5. The number of hydrazine groups is 1. The molecule has 0 saturated heterocycles. The van der Waals surface area contributed by atoms with Gasteiger partial charge in [-0.15, -0.1) is 0 Å². The molecule has 0 spiro atoms. The summed E-state index contributed by atoms with van der Waals surface area (Å²) in [6.07, 6.45) is -0.553. The maximum Gasteiger partial charge on any atom is 0.266 e. The summed E-state index contributed by atoms with van der Waals surface area (Å²) in [4.78, 5) is 25.7. The van der Waals surface area contributed by atoms with Gasteiger partial charge in [0.25, 0.3) is 5.91 Å². The average molecular weight is 692 g/mol. The third-order valence-corrected chi connectivity index (χ3v) is 8.23. The van der Waals surface area contributed by atoms with E-state index in [4.69, 9.17) is 34.6 Å². The first-order chi connectivity index (χ1) is 25.0. The number of azide groups is 2. The van der Waals surface area contributed by atoms with E-state index in [1.807, 2.05) is 30.3 Å². The number of aliphatic hydroxyl groups excluding tert-OH is 1. The molecule has 0 aromatic heterocycles. The Bertz CT molecular complexity index is 1960. The van der Waals surface area contributed by atoms with Crippen LogP contribution in [0.5, 0.6) is 17.2 Å². The number of carbonyl (C=O) groups is 1. The number of rotatable bonds is 17. The second-order valence-corrected chi connectivity index (χ2v) is 11.4. The molecule has 1 aliphatic rings. The summed E-state index contributed by atoms with van der Waals surface area (Å²) in [6, 6.07) is 26.6. The third-order valence-electron chi connectivity index (χ3n) is 8.23. The Hall–Kier alpha value is -6.24. The van der Waals surface area contributed by atoms with E-state index < -0.39 is 17.6 Å². The van der Waals surface area contributed by atoms with E-state index in [0.717, 1.165) is 5.56 Å². The monoisotopic (exact) mass is 691 g/mol. The van der Waals surface area contributed by atoms with Gasteiger partial charge in [0.15, 0.2) is 23.1 Å². The van der Waals surface area contributed by atoms with Crippen molar-refractivity contribution in [1.82, 2.24) is 10.9 Å². The van der Waals surface area contributed by atoms with Crippen molar-refractivity contribution >= 4 is 17.5 Å². The Morgan fingerprint density at radius 1 is 0.961 bits per heavy atom. The van der Waals surface area contributed by atoms with Crippen molar-refractivity contribution in [3.05, 3.63) is 140 Å². The van der Waals surface area contributed by atoms with Gasteiger partial charge in [0.2, 0.25) is 5.90 Å². The molecule has 3 N–H and O–H groups in total. The van der Waals surface area contributed by atoms with Gasteiger partial charge in [-0.1, -0.05) is 64.8 Å². The van der Waals surface area contributed by atoms with Crippen LogP contribution in [0.1, 0.15) is 40.3 Å². The van der Waals surface area contributed by atoms with Crippen LogP contribution >= 0.6 is 0 Å². The van der Waals surface area contributed by atoms with Crippen molar-refractivity contribution in [1.29, 1.82) is 0 Å². The van der Waals surface area contributed by atoms with Gasteiger partial charge in [-0.05, 0) is 64.2 Å². The Morgan fingerprint density at radius 3 is 2.43 bits per heavy atom. The zero-order chi connectivity index (χ0) is 36.1. The molecule has 4 aromatic carbocycles. The molecule has 1 amide bonds. The standard InChI is InChI=1S/C36H37N9O6/c1-48-31-17-12-24(20-32(31)49-2)22-39-43-35(47)36(21-26-8-3-4-9-27(26)23-40-44-37)33(29-10-5-6-11-30(29)42-45-38)51-34(41-36)25-13-15-28(16-14-25)50-19-7-18-46/h3-6,8-17,20,33,39,46H,7,18-19,21-23H2,1-2H3,(H,43,47)/t33-,36-/m0/s1. The van der Waals surface area contributed by atoms with Gasteiger partial charge < -0.3 is 24.1 Å². The normalized spacial score (nSPS) is 16.1. The molecule has 0 aliphatic carbocycles. The van der Waals surface area contributed by atoms with Crippen LogP contribution < -0.4 is 25.1 Å². The van der Waals surface area contributed by atoms with Crippen LogP contribution in [0.3, 0.4) is 0 Å². The number of amides is 1. The lowest BCUT2D eigenvalue weighted by molar-refractivity contribution is -0.130. The number of aliphatic imine (C=N–C) groups is 1. The van der Waals surface area contributed by atoms with Gasteiger partial charge in [-0.2, -0.15) is 0 Å². The van der Waals surface area contributed by atoms with Crippen LogP contribution in [0.2, 0.25) is 0 Å². The molecule has 1 aliphatic heterocycles. The number of ether oxygens (including phenoxy) is 4. The lowest BCUT2D eigenvalue weighted by Gasteiger charge is -2.32. The summed E-state index contributed by atoms with van der Waals surface area (Å²) < 4.78 is 23.1. The van der Waals surface area contributed by atoms with E-state index in [0.29, 0.717) is 52.5 Å². The molecule has 2 atom stereocenters. The average Bonchev–Trinajstić information content (AvgIpc) is 3.55. The van der Waals surface area contributed by atoms with Crippen molar-refractivity contribution in [3.63, 3.8) is 0 Å². The molecule has 1 heterocycles. The molecule has 15 heteroatoms. The number of benzene rings is 4. The van der Waals surface area contributed by atoms with Crippen LogP contribution in [0, 0.1) is 0 Å². The highest BCUT2D eigenvalue weighted by molar-refractivity contribution is 6.01. The van der Waals surface area contributed by atoms with Gasteiger partial charge in [-0.3, -0.25) is 10.2 Å². The molecular weight excluding hydrogens is 654 g/mol. The van der Waals surface area contributed by atoms with E-state index in [9.17, 15) is 10.3 Å². The SMILES string of the molecule is COc1ccc(CNNC(=O)[C@@]2(Cc3ccccc3CN=[N+]=[N-])N=C(c3ccc(OCCCO)cc3)O[C@H]2c2ccccc2N=[N+]=[N-])cc1OC. The van der Waals surface area contributed by atoms with Gasteiger partial charge >= 0.3 is 0 Å². The molecule has 51 heavy (non-hydrogen) atoms. The fourth-order valence-corrected chi connectivity index (χ4v) is 5.72. The molecule has 262 valence electrons. The molecule has 15 nitrogen and oxygen atoms in total. The molecule has 0 radical (unpaired) electrons. The molecule has 0 unspecified atom stereocenters. The fourth-order valence-electron chi connectivity index (χ4n) is 5.72. The first kappa shape index (κ1) is 36.1. The summed E-state index contributed by atoms with van der Waals surface area (Å²) in [5, 5.41) is 16.8. The van der Waals surface area contributed by atoms with E-state index in [-0.39, 0.29) is 37.7 Å². The molecule has 5 rings (SSSR count). The minimum Gasteiger partial charge on any atom is -0.494 e. The summed E-state index contributed by atoms with van der Waals surface area (Å²) in [7, 11) is 3.10. The quantitative estimate of drug-likeness (QED) is 0.0366. The Labute approximate surface area is 294 Å². The lowest BCUT2D eigenvalue weighted by atomic mass is 9.80. The predicted octanol–water partition coefficient (Wildman–Crippen LogP) is 6.54. The minimum absolute atomic E-state index is 0.0146. The molecular formula is C36H37N9O6. The van der Waals surface area contributed by atoms with Crippen LogP contribution in [0.15, 0.2) is 106 Å². The Balaban J connectivity index is 1.59. The number of aliphatic hydroxyl groups is 1. The number of hydrogen-bond acceptors (Lipinski definition) is 10. The van der Waals surface area contributed by atoms with Gasteiger partial charge in [0.05, 0.1) is 27.4 Å². The second kappa shape index (κ2) is 17.4. The van der Waals surface area contributed by atoms with E-state index >= 15 is 0 Å². The number of hydrogen-bond donors (Lipinski definition) is 3. The van der Waals surface area contributed by atoms with E-state index in [1.54, 1.807) is 74.9 Å². The second-order valence-electron chi connectivity index (χ2n) is 11.4. The van der Waals surface area contributed by atoms with Gasteiger partial charge in [0.1, 0.15) is 5.75 Å². The van der Waals surface area contributed by atoms with Gasteiger partial charge in [-0.25, -0.2) is 10.4 Å². The first-order valence-electron chi connectivity index (χ1n) is 16.0. The number of nitrogens with zero attached hydrogens (tertiary/aromatic N) is 7. The summed E-state index contributed by atoms with van der Waals surface area (Å²) in [6.45, 7) is 0.642. The van der Waals surface area contributed by atoms with Crippen LogP contribution in [-0.2, 0) is 29.0 Å². The first-order valence-corrected chi connectivity index (χ1v) is 16.0. The molecule has 0 saturated carbocycles. The number of carbonyl (C=O) groups excluding carboxylic acids is 1. The molecule has 4 aromatic rings. The summed E-state index contributed by atoms with van der Waals surface area (Å²) >= 11 is 0. The van der Waals surface area contributed by atoms with Crippen molar-refractivity contribution in [2.75, 3.05) is 27.4 Å². The molecule has 0 bridgehead atoms. The topological polar surface area (TPSA) is 208 Å².